The number of aliphatic carboxylic acids is 1. The molecule has 104 valence electrons. The van der Waals surface area contributed by atoms with Gasteiger partial charge in [0.05, 0.1) is 13.0 Å². The molecule has 1 aliphatic heterocycles. The first-order valence-electron chi connectivity index (χ1n) is 6.38. The first-order chi connectivity index (χ1) is 8.56. The second kappa shape index (κ2) is 7.33. The number of ether oxygens (including phenoxy) is 1. The Morgan fingerprint density at radius 3 is 2.39 bits per heavy atom. The molecule has 6 heteroatoms. The van der Waals surface area contributed by atoms with E-state index in [1.54, 1.807) is 11.8 Å². The maximum absolute atomic E-state index is 11.8. The molecule has 18 heavy (non-hydrogen) atoms. The highest BCUT2D eigenvalue weighted by atomic mass is 16.5. The second-order valence-electron chi connectivity index (χ2n) is 4.38. The third-order valence-corrected chi connectivity index (χ3v) is 3.24. The minimum Gasteiger partial charge on any atom is -0.480 e. The zero-order valence-electron chi connectivity index (χ0n) is 11.1. The first-order valence-corrected chi connectivity index (χ1v) is 6.38. The highest BCUT2D eigenvalue weighted by Gasteiger charge is 2.26. The van der Waals surface area contributed by atoms with Crippen LogP contribution < -0.4 is 0 Å². The van der Waals surface area contributed by atoms with Crippen LogP contribution in [0.3, 0.4) is 0 Å². The summed E-state index contributed by atoms with van der Waals surface area (Å²) in [5.41, 5.74) is 0. The lowest BCUT2D eigenvalue weighted by atomic mass is 10.2. The fourth-order valence-corrected chi connectivity index (χ4v) is 1.98. The van der Waals surface area contributed by atoms with Gasteiger partial charge in [0, 0.05) is 32.8 Å². The molecule has 1 atom stereocenters. The summed E-state index contributed by atoms with van der Waals surface area (Å²) in [6.07, 6.45) is 0.405. The molecule has 0 radical (unpaired) electrons. The summed E-state index contributed by atoms with van der Waals surface area (Å²) in [4.78, 5) is 26.3. The number of rotatable bonds is 6. The molecule has 1 aliphatic rings. The molecule has 1 saturated heterocycles. The molecular weight excluding hydrogens is 236 g/mol. The number of carbonyl (C=O) groups is 2. The van der Waals surface area contributed by atoms with Crippen molar-refractivity contribution in [2.24, 2.45) is 0 Å². The zero-order chi connectivity index (χ0) is 13.5. The van der Waals surface area contributed by atoms with E-state index in [1.165, 1.54) is 0 Å². The van der Waals surface area contributed by atoms with Gasteiger partial charge in [0.15, 0.2) is 0 Å². The Hall–Kier alpha value is -1.14. The van der Waals surface area contributed by atoms with E-state index in [0.717, 1.165) is 0 Å². The summed E-state index contributed by atoms with van der Waals surface area (Å²) >= 11 is 0. The maximum atomic E-state index is 11.8. The van der Waals surface area contributed by atoms with Gasteiger partial charge >= 0.3 is 5.97 Å². The molecule has 6 nitrogen and oxygen atoms in total. The van der Waals surface area contributed by atoms with E-state index in [1.807, 2.05) is 11.8 Å². The Morgan fingerprint density at radius 1 is 1.28 bits per heavy atom. The van der Waals surface area contributed by atoms with Crippen LogP contribution in [0.4, 0.5) is 0 Å². The minimum absolute atomic E-state index is 0.0890. The molecule has 1 N–H and O–H groups in total. The van der Waals surface area contributed by atoms with E-state index in [-0.39, 0.29) is 5.91 Å². The van der Waals surface area contributed by atoms with Crippen LogP contribution in [-0.4, -0.2) is 72.2 Å². The monoisotopic (exact) mass is 258 g/mol. The summed E-state index contributed by atoms with van der Waals surface area (Å²) in [5, 5.41) is 8.91. The van der Waals surface area contributed by atoms with Gasteiger partial charge in [0.25, 0.3) is 0 Å². The van der Waals surface area contributed by atoms with E-state index < -0.39 is 12.0 Å². The predicted molar refractivity (Wildman–Crippen MR) is 66.4 cm³/mol. The number of piperazine rings is 1. The molecule has 0 aromatic carbocycles. The van der Waals surface area contributed by atoms with E-state index in [4.69, 9.17) is 9.84 Å². The van der Waals surface area contributed by atoms with Gasteiger partial charge < -0.3 is 14.7 Å². The summed E-state index contributed by atoms with van der Waals surface area (Å²) in [6.45, 7) is 7.09. The van der Waals surface area contributed by atoms with Gasteiger partial charge in [-0.05, 0) is 13.8 Å². The first kappa shape index (κ1) is 14.9. The molecule has 0 aliphatic carbocycles. The van der Waals surface area contributed by atoms with Crippen molar-refractivity contribution in [1.29, 1.82) is 0 Å². The van der Waals surface area contributed by atoms with E-state index in [0.29, 0.717) is 45.8 Å². The number of nitrogens with zero attached hydrogens (tertiary/aromatic N) is 2. The Morgan fingerprint density at radius 2 is 1.89 bits per heavy atom. The maximum Gasteiger partial charge on any atom is 0.320 e. The van der Waals surface area contributed by atoms with Crippen molar-refractivity contribution in [1.82, 2.24) is 9.80 Å². The summed E-state index contributed by atoms with van der Waals surface area (Å²) < 4.78 is 5.15. The molecule has 1 amide bonds. The summed E-state index contributed by atoms with van der Waals surface area (Å²) in [5.74, 6) is -0.725. The molecule has 0 spiro atoms. The molecule has 1 fully saturated rings. The lowest BCUT2D eigenvalue weighted by Crippen LogP contribution is -2.53. The van der Waals surface area contributed by atoms with Crippen molar-refractivity contribution in [3.05, 3.63) is 0 Å². The fourth-order valence-electron chi connectivity index (χ4n) is 1.98. The van der Waals surface area contributed by atoms with Crippen molar-refractivity contribution < 1.29 is 19.4 Å². The highest BCUT2D eigenvalue weighted by Crippen LogP contribution is 2.07. The van der Waals surface area contributed by atoms with Crippen LogP contribution in [0, 0.1) is 0 Å². The van der Waals surface area contributed by atoms with Gasteiger partial charge in [-0.15, -0.1) is 0 Å². The molecular formula is C12H22N2O4. The van der Waals surface area contributed by atoms with Crippen LogP contribution >= 0.6 is 0 Å². The van der Waals surface area contributed by atoms with Crippen LogP contribution in [0.2, 0.25) is 0 Å². The third-order valence-electron chi connectivity index (χ3n) is 3.24. The van der Waals surface area contributed by atoms with Crippen LogP contribution in [0.25, 0.3) is 0 Å². The van der Waals surface area contributed by atoms with Gasteiger partial charge in [-0.3, -0.25) is 14.5 Å². The van der Waals surface area contributed by atoms with Gasteiger partial charge in [0.2, 0.25) is 5.91 Å². The number of hydrogen-bond acceptors (Lipinski definition) is 4. The van der Waals surface area contributed by atoms with E-state index in [2.05, 4.69) is 0 Å². The molecule has 1 heterocycles. The molecule has 0 saturated carbocycles. The van der Waals surface area contributed by atoms with E-state index >= 15 is 0 Å². The van der Waals surface area contributed by atoms with Gasteiger partial charge in [-0.2, -0.15) is 0 Å². The van der Waals surface area contributed by atoms with Gasteiger partial charge in [-0.1, -0.05) is 0 Å². The average molecular weight is 258 g/mol. The summed E-state index contributed by atoms with van der Waals surface area (Å²) in [6, 6.07) is -0.481. The topological polar surface area (TPSA) is 70.1 Å². The van der Waals surface area contributed by atoms with Crippen molar-refractivity contribution in [3.8, 4) is 0 Å². The number of hydrogen-bond donors (Lipinski definition) is 1. The lowest BCUT2D eigenvalue weighted by molar-refractivity contribution is -0.144. The molecule has 0 aromatic rings. The normalized spacial score (nSPS) is 18.7. The van der Waals surface area contributed by atoms with E-state index in [9.17, 15) is 9.59 Å². The second-order valence-corrected chi connectivity index (χ2v) is 4.38. The standard InChI is InChI=1S/C12H22N2O4/c1-3-18-9-4-11(15)14-7-5-13(6-8-14)10(2)12(16)17/h10H,3-9H2,1-2H3,(H,16,17). The van der Waals surface area contributed by atoms with Crippen molar-refractivity contribution in [3.63, 3.8) is 0 Å². The molecule has 0 bridgehead atoms. The largest absolute Gasteiger partial charge is 0.480 e. The van der Waals surface area contributed by atoms with Crippen LogP contribution in [0.1, 0.15) is 20.3 Å². The molecule has 0 aromatic heterocycles. The quantitative estimate of drug-likeness (QED) is 0.681. The number of carbonyl (C=O) groups excluding carboxylic acids is 1. The highest BCUT2D eigenvalue weighted by molar-refractivity contribution is 5.76. The van der Waals surface area contributed by atoms with Crippen LogP contribution in [0.5, 0.6) is 0 Å². The van der Waals surface area contributed by atoms with Gasteiger partial charge in [-0.25, -0.2) is 0 Å². The predicted octanol–water partition coefficient (Wildman–Crippen LogP) is 0.0303. The Labute approximate surface area is 107 Å². The Balaban J connectivity index is 2.30. The zero-order valence-corrected chi connectivity index (χ0v) is 11.1. The van der Waals surface area contributed by atoms with Crippen LogP contribution in [-0.2, 0) is 14.3 Å². The lowest BCUT2D eigenvalue weighted by Gasteiger charge is -2.36. The summed E-state index contributed by atoms with van der Waals surface area (Å²) in [7, 11) is 0. The molecule has 1 unspecified atom stereocenters. The van der Waals surface area contributed by atoms with Crippen molar-refractivity contribution >= 4 is 11.9 Å². The van der Waals surface area contributed by atoms with Crippen LogP contribution in [0.15, 0.2) is 0 Å². The fraction of sp³-hybridized carbons (Fsp3) is 0.833. The third kappa shape index (κ3) is 4.27. The molecule has 1 rings (SSSR count). The Bertz CT molecular complexity index is 288. The minimum atomic E-state index is -0.814. The van der Waals surface area contributed by atoms with Gasteiger partial charge in [0.1, 0.15) is 6.04 Å². The Kier molecular flexibility index (Phi) is 6.07. The number of carboxylic acid groups (broad SMARTS) is 1. The van der Waals surface area contributed by atoms with Crippen molar-refractivity contribution in [2.75, 3.05) is 39.4 Å². The van der Waals surface area contributed by atoms with Crippen molar-refractivity contribution in [2.45, 2.75) is 26.3 Å². The SMILES string of the molecule is CCOCCC(=O)N1CCN(C(C)C(=O)O)CC1. The smallest absolute Gasteiger partial charge is 0.320 e. The average Bonchev–Trinajstić information content (AvgIpc) is 2.38. The number of amides is 1. The number of carboxylic acids is 1.